The van der Waals surface area contributed by atoms with Crippen LogP contribution in [-0.2, 0) is 0 Å². The van der Waals surface area contributed by atoms with E-state index in [1.165, 1.54) is 18.2 Å². The van der Waals surface area contributed by atoms with Gasteiger partial charge in [0.25, 0.3) is 0 Å². The fraction of sp³-hybridized carbons (Fsp3) is 0.600. The molecule has 1 saturated heterocycles. The average molecular weight is 268 g/mol. The SMILES string of the molecule is CCC1(CC)CN(c2cc(F)ccc2F)CCCN1. The molecule has 4 heteroatoms. The third-order valence-corrected chi connectivity index (χ3v) is 4.20. The largest absolute Gasteiger partial charge is 0.367 e. The molecule has 0 amide bonds. The first-order chi connectivity index (χ1) is 9.10. The Bertz CT molecular complexity index is 430. The van der Waals surface area contributed by atoms with Crippen molar-refractivity contribution in [1.29, 1.82) is 0 Å². The Morgan fingerprint density at radius 3 is 2.68 bits per heavy atom. The zero-order chi connectivity index (χ0) is 13.9. The third kappa shape index (κ3) is 3.06. The minimum atomic E-state index is -0.382. The molecule has 0 spiro atoms. The first kappa shape index (κ1) is 14.3. The van der Waals surface area contributed by atoms with Crippen LogP contribution in [0, 0.1) is 11.6 Å². The third-order valence-electron chi connectivity index (χ3n) is 4.20. The summed E-state index contributed by atoms with van der Waals surface area (Å²) in [7, 11) is 0. The molecule has 1 aromatic rings. The summed E-state index contributed by atoms with van der Waals surface area (Å²) in [4.78, 5) is 1.98. The Balaban J connectivity index is 2.29. The summed E-state index contributed by atoms with van der Waals surface area (Å²) in [6, 6.07) is 3.68. The Morgan fingerprint density at radius 1 is 1.26 bits per heavy atom. The lowest BCUT2D eigenvalue weighted by Crippen LogP contribution is -2.50. The molecule has 106 valence electrons. The van der Waals surface area contributed by atoms with E-state index in [0.717, 1.165) is 38.9 Å². The number of anilines is 1. The summed E-state index contributed by atoms with van der Waals surface area (Å²) >= 11 is 0. The maximum atomic E-state index is 13.9. The van der Waals surface area contributed by atoms with Crippen LogP contribution in [0.25, 0.3) is 0 Å². The monoisotopic (exact) mass is 268 g/mol. The van der Waals surface area contributed by atoms with E-state index < -0.39 is 0 Å². The van der Waals surface area contributed by atoms with Gasteiger partial charge in [-0.3, -0.25) is 0 Å². The fourth-order valence-corrected chi connectivity index (χ4v) is 2.78. The highest BCUT2D eigenvalue weighted by atomic mass is 19.1. The molecule has 2 nitrogen and oxygen atoms in total. The fourth-order valence-electron chi connectivity index (χ4n) is 2.78. The standard InChI is InChI=1S/C15H22F2N2/c1-3-15(4-2)11-19(9-5-8-18-15)14-10-12(16)6-7-13(14)17/h6-7,10,18H,3-5,8-9,11H2,1-2H3. The van der Waals surface area contributed by atoms with Crippen LogP contribution in [0.5, 0.6) is 0 Å². The van der Waals surface area contributed by atoms with E-state index in [2.05, 4.69) is 19.2 Å². The molecule has 2 rings (SSSR count). The summed E-state index contributed by atoms with van der Waals surface area (Å²) in [5.74, 6) is -0.725. The highest BCUT2D eigenvalue weighted by molar-refractivity contribution is 5.48. The molecule has 0 radical (unpaired) electrons. The molecular weight excluding hydrogens is 246 g/mol. The predicted molar refractivity (Wildman–Crippen MR) is 74.5 cm³/mol. The number of benzene rings is 1. The molecule has 0 saturated carbocycles. The Kier molecular flexibility index (Phi) is 4.40. The topological polar surface area (TPSA) is 15.3 Å². The van der Waals surface area contributed by atoms with Gasteiger partial charge in [0.1, 0.15) is 11.6 Å². The highest BCUT2D eigenvalue weighted by Gasteiger charge is 2.31. The number of halogens is 2. The van der Waals surface area contributed by atoms with Gasteiger partial charge in [0, 0.05) is 24.7 Å². The van der Waals surface area contributed by atoms with Gasteiger partial charge in [-0.2, -0.15) is 0 Å². The predicted octanol–water partition coefficient (Wildman–Crippen LogP) is 3.32. The molecule has 0 aromatic heterocycles. The minimum absolute atomic E-state index is 0.00470. The number of nitrogens with zero attached hydrogens (tertiary/aromatic N) is 1. The van der Waals surface area contributed by atoms with Crippen LogP contribution in [0.2, 0.25) is 0 Å². The van der Waals surface area contributed by atoms with E-state index in [9.17, 15) is 8.78 Å². The summed E-state index contributed by atoms with van der Waals surface area (Å²) in [5, 5.41) is 3.57. The van der Waals surface area contributed by atoms with Crippen molar-refractivity contribution in [2.24, 2.45) is 0 Å². The normalized spacial score (nSPS) is 19.3. The Labute approximate surface area is 113 Å². The second-order valence-electron chi connectivity index (χ2n) is 5.29. The second kappa shape index (κ2) is 5.87. The summed E-state index contributed by atoms with van der Waals surface area (Å²) in [6.45, 7) is 6.69. The van der Waals surface area contributed by atoms with Crippen molar-refractivity contribution in [3.05, 3.63) is 29.8 Å². The number of rotatable bonds is 3. The molecule has 0 bridgehead atoms. The van der Waals surface area contributed by atoms with Gasteiger partial charge in [-0.05, 0) is 37.9 Å². The average Bonchev–Trinajstić information content (AvgIpc) is 2.64. The van der Waals surface area contributed by atoms with E-state index in [1.807, 2.05) is 4.90 Å². The molecule has 0 aliphatic carbocycles. The number of hydrogen-bond acceptors (Lipinski definition) is 2. The molecule has 1 fully saturated rings. The first-order valence-electron chi connectivity index (χ1n) is 7.05. The molecule has 1 heterocycles. The van der Waals surface area contributed by atoms with Crippen molar-refractivity contribution in [3.63, 3.8) is 0 Å². The molecule has 0 unspecified atom stereocenters. The Hall–Kier alpha value is -1.16. The molecule has 1 aliphatic rings. The lowest BCUT2D eigenvalue weighted by atomic mass is 9.92. The van der Waals surface area contributed by atoms with Crippen molar-refractivity contribution in [3.8, 4) is 0 Å². The van der Waals surface area contributed by atoms with Gasteiger partial charge in [0.05, 0.1) is 5.69 Å². The molecule has 0 atom stereocenters. The van der Waals surface area contributed by atoms with Crippen LogP contribution in [-0.4, -0.2) is 25.2 Å². The second-order valence-corrected chi connectivity index (χ2v) is 5.29. The zero-order valence-electron chi connectivity index (χ0n) is 11.7. The van der Waals surface area contributed by atoms with Crippen molar-refractivity contribution in [1.82, 2.24) is 5.32 Å². The number of nitrogens with one attached hydrogen (secondary N) is 1. The maximum Gasteiger partial charge on any atom is 0.146 e. The smallest absolute Gasteiger partial charge is 0.146 e. The van der Waals surface area contributed by atoms with Crippen molar-refractivity contribution >= 4 is 5.69 Å². The zero-order valence-corrected chi connectivity index (χ0v) is 11.7. The van der Waals surface area contributed by atoms with E-state index in [4.69, 9.17) is 0 Å². The van der Waals surface area contributed by atoms with Crippen LogP contribution >= 0.6 is 0 Å². The first-order valence-corrected chi connectivity index (χ1v) is 7.05. The van der Waals surface area contributed by atoms with Crippen LogP contribution in [0.1, 0.15) is 33.1 Å². The van der Waals surface area contributed by atoms with Crippen LogP contribution < -0.4 is 10.2 Å². The van der Waals surface area contributed by atoms with E-state index in [1.54, 1.807) is 0 Å². The Morgan fingerprint density at radius 2 is 2.00 bits per heavy atom. The molecule has 1 aliphatic heterocycles. The van der Waals surface area contributed by atoms with Crippen molar-refractivity contribution < 1.29 is 8.78 Å². The van der Waals surface area contributed by atoms with Crippen LogP contribution in [0.15, 0.2) is 18.2 Å². The van der Waals surface area contributed by atoms with Crippen LogP contribution in [0.3, 0.4) is 0 Å². The van der Waals surface area contributed by atoms with Crippen molar-refractivity contribution in [2.75, 3.05) is 24.5 Å². The van der Waals surface area contributed by atoms with E-state index in [-0.39, 0.29) is 17.2 Å². The van der Waals surface area contributed by atoms with Gasteiger partial charge < -0.3 is 10.2 Å². The molecule has 1 N–H and O–H groups in total. The minimum Gasteiger partial charge on any atom is -0.367 e. The molecule has 1 aromatic carbocycles. The van der Waals surface area contributed by atoms with Gasteiger partial charge in [-0.1, -0.05) is 13.8 Å². The lowest BCUT2D eigenvalue weighted by molar-refractivity contribution is 0.321. The maximum absolute atomic E-state index is 13.9. The van der Waals surface area contributed by atoms with Crippen molar-refractivity contribution in [2.45, 2.75) is 38.6 Å². The summed E-state index contributed by atoms with van der Waals surface area (Å²) < 4.78 is 27.3. The van der Waals surface area contributed by atoms with E-state index >= 15 is 0 Å². The van der Waals surface area contributed by atoms with E-state index in [0.29, 0.717) is 5.69 Å². The quantitative estimate of drug-likeness (QED) is 0.904. The van der Waals surface area contributed by atoms with Gasteiger partial charge in [0.2, 0.25) is 0 Å². The summed E-state index contributed by atoms with van der Waals surface area (Å²) in [5.41, 5.74) is 0.380. The number of hydrogen-bond donors (Lipinski definition) is 1. The van der Waals surface area contributed by atoms with Gasteiger partial charge >= 0.3 is 0 Å². The van der Waals surface area contributed by atoms with Gasteiger partial charge in [-0.25, -0.2) is 8.78 Å². The lowest BCUT2D eigenvalue weighted by Gasteiger charge is -2.36. The summed E-state index contributed by atoms with van der Waals surface area (Å²) in [6.07, 6.45) is 2.91. The van der Waals surface area contributed by atoms with Gasteiger partial charge in [0.15, 0.2) is 0 Å². The molecule has 19 heavy (non-hydrogen) atoms. The van der Waals surface area contributed by atoms with Crippen LogP contribution in [0.4, 0.5) is 14.5 Å². The van der Waals surface area contributed by atoms with Gasteiger partial charge in [-0.15, -0.1) is 0 Å². The highest BCUT2D eigenvalue weighted by Crippen LogP contribution is 2.27. The molecular formula is C15H22F2N2.